The van der Waals surface area contributed by atoms with Crippen LogP contribution in [0, 0.1) is 0 Å². The molecule has 6 rings (SSSR count). The van der Waals surface area contributed by atoms with Crippen LogP contribution in [0.2, 0.25) is 0 Å². The summed E-state index contributed by atoms with van der Waals surface area (Å²) in [6, 6.07) is 31.6. The minimum absolute atomic E-state index is 0. The van der Waals surface area contributed by atoms with E-state index in [2.05, 4.69) is 84.9 Å². The van der Waals surface area contributed by atoms with Crippen molar-refractivity contribution >= 4 is 8.55 Å². The number of hydrogen-bond acceptors (Lipinski definition) is 0. The van der Waals surface area contributed by atoms with Crippen molar-refractivity contribution in [2.24, 2.45) is 0 Å². The van der Waals surface area contributed by atoms with Gasteiger partial charge in [-0.05, 0) is 0 Å². The molecule has 0 aromatic heterocycles. The zero-order chi connectivity index (χ0) is 17.8. The Morgan fingerprint density at radius 2 is 0.893 bits per heavy atom. The summed E-state index contributed by atoms with van der Waals surface area (Å²) in [6.07, 6.45) is 2.18. The molecule has 28 heavy (non-hydrogen) atoms. The predicted molar refractivity (Wildman–Crippen MR) is 109 cm³/mol. The summed E-state index contributed by atoms with van der Waals surface area (Å²) in [5.74, 6) is 0. The number of hydrogen-bond donors (Lipinski definition) is 0. The van der Waals surface area contributed by atoms with Crippen molar-refractivity contribution in [3.8, 4) is 22.3 Å². The Morgan fingerprint density at radius 3 is 1.39 bits per heavy atom. The Labute approximate surface area is 179 Å². The molecule has 0 spiro atoms. The minimum atomic E-state index is -0.00992. The fourth-order valence-electron chi connectivity index (χ4n) is 4.62. The summed E-state index contributed by atoms with van der Waals surface area (Å²) < 4.78 is 3.15. The normalized spacial score (nSPS) is 12.4. The van der Waals surface area contributed by atoms with Crippen molar-refractivity contribution in [3.05, 3.63) is 107 Å². The van der Waals surface area contributed by atoms with Crippen LogP contribution < -0.4 is 21.0 Å². The maximum absolute atomic E-state index is 2.37. The molecule has 0 unspecified atom stereocenters. The monoisotopic (exact) mass is 416 g/mol. The average Bonchev–Trinajstić information content (AvgIpc) is 3.28. The van der Waals surface area contributed by atoms with Gasteiger partial charge in [0.05, 0.1) is 0 Å². The first-order valence-corrected chi connectivity index (χ1v) is 10.9. The molecule has 4 aromatic carbocycles. The van der Waals surface area contributed by atoms with E-state index in [0.717, 1.165) is 12.8 Å². The van der Waals surface area contributed by atoms with Gasteiger partial charge in [-0.25, -0.2) is 0 Å². The third-order valence-electron chi connectivity index (χ3n) is 5.89. The Morgan fingerprint density at radius 1 is 0.464 bits per heavy atom. The van der Waals surface area contributed by atoms with Crippen LogP contribution in [0.1, 0.15) is 22.3 Å². The third kappa shape index (κ3) is 2.68. The molecule has 0 saturated carbocycles. The molecule has 0 nitrogen and oxygen atoms in total. The molecule has 0 radical (unpaired) electrons. The van der Waals surface area contributed by atoms with Gasteiger partial charge in [-0.15, -0.1) is 0 Å². The van der Waals surface area contributed by atoms with E-state index < -0.39 is 0 Å². The SMILES string of the molecule is [Cl-].c1ccc2c(c1)Cc1[c]([V+][c]3cccc4c3Cc3ccccc3-4)cccc1-2. The van der Waals surface area contributed by atoms with Crippen LogP contribution in [0.5, 0.6) is 0 Å². The van der Waals surface area contributed by atoms with Crippen LogP contribution >= 0.6 is 0 Å². The first-order chi connectivity index (χ1) is 13.4. The number of rotatable bonds is 2. The molecule has 2 aliphatic carbocycles. The molecule has 0 atom stereocenters. The van der Waals surface area contributed by atoms with Crippen molar-refractivity contribution in [1.82, 2.24) is 0 Å². The van der Waals surface area contributed by atoms with E-state index in [9.17, 15) is 0 Å². The van der Waals surface area contributed by atoms with Gasteiger partial charge >= 0.3 is 167 Å². The first kappa shape index (κ1) is 17.8. The molecule has 134 valence electrons. The van der Waals surface area contributed by atoms with Gasteiger partial charge in [0.25, 0.3) is 0 Å². The van der Waals surface area contributed by atoms with E-state index in [-0.39, 0.29) is 28.7 Å². The van der Waals surface area contributed by atoms with E-state index in [1.54, 1.807) is 19.7 Å². The average molecular weight is 417 g/mol. The van der Waals surface area contributed by atoms with Gasteiger partial charge in [0.15, 0.2) is 0 Å². The van der Waals surface area contributed by atoms with E-state index in [0.29, 0.717) is 0 Å². The van der Waals surface area contributed by atoms with Crippen LogP contribution in [-0.2, 0) is 29.1 Å². The van der Waals surface area contributed by atoms with Gasteiger partial charge in [0, 0.05) is 0 Å². The molecule has 0 amide bonds. The van der Waals surface area contributed by atoms with Crippen LogP contribution in [0.25, 0.3) is 22.3 Å². The molecule has 4 aromatic rings. The molecular formula is C26H18ClV. The fraction of sp³-hybridized carbons (Fsp3) is 0.0769. The first-order valence-electron chi connectivity index (χ1n) is 9.50. The molecule has 0 N–H and O–H groups in total. The quantitative estimate of drug-likeness (QED) is 0.404. The molecular weight excluding hydrogens is 399 g/mol. The van der Waals surface area contributed by atoms with Gasteiger partial charge in [0.1, 0.15) is 0 Å². The van der Waals surface area contributed by atoms with Gasteiger partial charge in [-0.1, -0.05) is 0 Å². The van der Waals surface area contributed by atoms with E-state index in [1.807, 2.05) is 0 Å². The Kier molecular flexibility index (Phi) is 4.44. The third-order valence-corrected chi connectivity index (χ3v) is 7.95. The molecule has 2 aliphatic rings. The second-order valence-electron chi connectivity index (χ2n) is 7.39. The molecule has 0 aliphatic heterocycles. The fourth-order valence-corrected chi connectivity index (χ4v) is 6.57. The van der Waals surface area contributed by atoms with Crippen LogP contribution in [-0.4, -0.2) is 0 Å². The Balaban J connectivity index is 0.00000171. The van der Waals surface area contributed by atoms with Crippen LogP contribution in [0.4, 0.5) is 0 Å². The Hall–Kier alpha value is -2.25. The van der Waals surface area contributed by atoms with Gasteiger partial charge in [-0.2, -0.15) is 0 Å². The summed E-state index contributed by atoms with van der Waals surface area (Å²) in [5.41, 5.74) is 11.9. The van der Waals surface area contributed by atoms with Crippen LogP contribution in [0.3, 0.4) is 0 Å². The summed E-state index contributed by atoms with van der Waals surface area (Å²) in [4.78, 5) is 0. The second-order valence-corrected chi connectivity index (χ2v) is 9.24. The van der Waals surface area contributed by atoms with Crippen LogP contribution in [0.15, 0.2) is 84.9 Å². The summed E-state index contributed by atoms with van der Waals surface area (Å²) >= 11 is -0.00992. The number of halogens is 1. The molecule has 0 fully saturated rings. The molecule has 2 heteroatoms. The topological polar surface area (TPSA) is 0 Å². The zero-order valence-corrected chi connectivity index (χ0v) is 17.5. The van der Waals surface area contributed by atoms with Gasteiger partial charge in [-0.3, -0.25) is 0 Å². The van der Waals surface area contributed by atoms with E-state index in [4.69, 9.17) is 0 Å². The number of fused-ring (bicyclic) bond motifs is 6. The Bertz CT molecular complexity index is 1110. The molecule has 0 bridgehead atoms. The van der Waals surface area contributed by atoms with Crippen molar-refractivity contribution in [3.63, 3.8) is 0 Å². The summed E-state index contributed by atoms with van der Waals surface area (Å²) in [6.45, 7) is 0. The van der Waals surface area contributed by atoms with Gasteiger partial charge < -0.3 is 12.4 Å². The number of benzene rings is 4. The van der Waals surface area contributed by atoms with Crippen molar-refractivity contribution in [2.75, 3.05) is 0 Å². The summed E-state index contributed by atoms with van der Waals surface area (Å²) in [7, 11) is 0. The summed E-state index contributed by atoms with van der Waals surface area (Å²) in [5, 5.41) is 0. The standard InChI is InChI=1S/2C13H9.ClH.V/c2*1-3-7-12-10(5-1)9-11-6-2-4-8-13(11)12;;/h2*1-5,7-8H,9H2;1H;/q;;;+1/p-1. The van der Waals surface area contributed by atoms with E-state index in [1.165, 1.54) is 33.4 Å². The van der Waals surface area contributed by atoms with Gasteiger partial charge in [0.2, 0.25) is 0 Å². The predicted octanol–water partition coefficient (Wildman–Crippen LogP) is 1.87. The second kappa shape index (κ2) is 6.97. The molecule has 0 saturated heterocycles. The molecule has 0 heterocycles. The maximum atomic E-state index is 2.37. The zero-order valence-electron chi connectivity index (χ0n) is 15.3. The van der Waals surface area contributed by atoms with Crippen molar-refractivity contribution in [2.45, 2.75) is 12.8 Å². The van der Waals surface area contributed by atoms with Crippen molar-refractivity contribution in [1.29, 1.82) is 0 Å². The van der Waals surface area contributed by atoms with Crippen molar-refractivity contribution < 1.29 is 28.7 Å². The van der Waals surface area contributed by atoms with E-state index >= 15 is 0 Å².